The van der Waals surface area contributed by atoms with E-state index in [9.17, 15) is 9.90 Å². The van der Waals surface area contributed by atoms with Crippen LogP contribution in [0.3, 0.4) is 0 Å². The van der Waals surface area contributed by atoms with Crippen molar-refractivity contribution in [2.75, 3.05) is 6.61 Å². The number of carbonyl (C=O) groups excluding carboxylic acids is 1. The molecule has 5 nitrogen and oxygen atoms in total. The first-order chi connectivity index (χ1) is 19.0. The fraction of sp³-hybridized carbons (Fsp3) is 0.441. The standard InChI is InChI=1S/C34H44O5Si/c1-33(2,3)40(29-17-11-7-12-18-29,30-19-13-8-14-20-30)39-27(21-22-37-25-26-15-9-6-10-16-26)23-28-24-31(35)34(4,5)32(36)38-28/h6-20,27-28,31,35H,21-25H2,1-5H3/t27-,28+,31-/m0/s1. The summed E-state index contributed by atoms with van der Waals surface area (Å²) >= 11 is 0. The van der Waals surface area contributed by atoms with Gasteiger partial charge in [-0.25, -0.2) is 0 Å². The number of rotatable bonds is 11. The number of esters is 1. The Hall–Kier alpha value is -2.77. The average Bonchev–Trinajstić information content (AvgIpc) is 2.93. The Bertz CT molecular complexity index is 1170. The summed E-state index contributed by atoms with van der Waals surface area (Å²) in [6, 6.07) is 31.2. The van der Waals surface area contributed by atoms with E-state index in [0.717, 1.165) is 5.56 Å². The van der Waals surface area contributed by atoms with E-state index in [2.05, 4.69) is 81.4 Å². The molecule has 0 unspecified atom stereocenters. The molecule has 0 amide bonds. The lowest BCUT2D eigenvalue weighted by molar-refractivity contribution is -0.182. The molecule has 0 aliphatic carbocycles. The molecule has 0 aromatic heterocycles. The number of carbonyl (C=O) groups is 1. The van der Waals surface area contributed by atoms with Crippen LogP contribution in [0.1, 0.15) is 59.4 Å². The molecule has 0 saturated carbocycles. The summed E-state index contributed by atoms with van der Waals surface area (Å²) in [6.07, 6.45) is 0.107. The van der Waals surface area contributed by atoms with Gasteiger partial charge in [0.2, 0.25) is 0 Å². The molecule has 1 aliphatic rings. The first kappa shape index (κ1) is 30.2. The molecule has 0 radical (unpaired) electrons. The molecule has 3 aromatic rings. The Morgan fingerprint density at radius 2 is 1.45 bits per heavy atom. The van der Waals surface area contributed by atoms with Crippen molar-refractivity contribution in [3.8, 4) is 0 Å². The summed E-state index contributed by atoms with van der Waals surface area (Å²) in [5, 5.41) is 13.0. The highest BCUT2D eigenvalue weighted by molar-refractivity contribution is 6.99. The van der Waals surface area contributed by atoms with Crippen LogP contribution < -0.4 is 10.4 Å². The van der Waals surface area contributed by atoms with Crippen molar-refractivity contribution in [1.29, 1.82) is 0 Å². The molecule has 3 atom stereocenters. The summed E-state index contributed by atoms with van der Waals surface area (Å²) in [6.45, 7) is 11.3. The van der Waals surface area contributed by atoms with Crippen molar-refractivity contribution >= 4 is 24.7 Å². The van der Waals surface area contributed by atoms with Gasteiger partial charge in [0.15, 0.2) is 0 Å². The van der Waals surface area contributed by atoms with Crippen molar-refractivity contribution < 1.29 is 23.8 Å². The van der Waals surface area contributed by atoms with Gasteiger partial charge in [-0.15, -0.1) is 0 Å². The number of benzene rings is 3. The van der Waals surface area contributed by atoms with Gasteiger partial charge in [-0.3, -0.25) is 4.79 Å². The van der Waals surface area contributed by atoms with Crippen LogP contribution in [0, 0.1) is 5.41 Å². The van der Waals surface area contributed by atoms with Crippen molar-refractivity contribution in [3.05, 3.63) is 96.6 Å². The van der Waals surface area contributed by atoms with E-state index in [1.54, 1.807) is 13.8 Å². The number of hydrogen-bond donors (Lipinski definition) is 1. The molecule has 40 heavy (non-hydrogen) atoms. The molecule has 1 fully saturated rings. The number of aliphatic hydroxyl groups is 1. The molecule has 0 spiro atoms. The minimum absolute atomic E-state index is 0.191. The molecule has 1 saturated heterocycles. The smallest absolute Gasteiger partial charge is 0.314 e. The van der Waals surface area contributed by atoms with Gasteiger partial charge in [0.25, 0.3) is 8.32 Å². The van der Waals surface area contributed by atoms with Crippen LogP contribution in [-0.4, -0.2) is 44.3 Å². The average molecular weight is 561 g/mol. The van der Waals surface area contributed by atoms with E-state index >= 15 is 0 Å². The molecule has 4 rings (SSSR count). The van der Waals surface area contributed by atoms with E-state index < -0.39 is 25.9 Å². The Balaban J connectivity index is 1.65. The fourth-order valence-electron chi connectivity index (χ4n) is 5.61. The molecule has 1 N–H and O–H groups in total. The van der Waals surface area contributed by atoms with E-state index in [1.165, 1.54) is 10.4 Å². The summed E-state index contributed by atoms with van der Waals surface area (Å²) < 4.78 is 19.4. The number of ether oxygens (including phenoxy) is 2. The Kier molecular flexibility index (Phi) is 9.67. The topological polar surface area (TPSA) is 65.0 Å². The van der Waals surface area contributed by atoms with E-state index in [4.69, 9.17) is 13.9 Å². The SMILES string of the molecule is CC1(C)C(=O)O[C@H](C[C@H](CCOCc2ccccc2)O[Si](c2ccccc2)(c2ccccc2)C(C)(C)C)C[C@@H]1O. The highest BCUT2D eigenvalue weighted by Gasteiger charge is 2.52. The summed E-state index contributed by atoms with van der Waals surface area (Å²) in [5.74, 6) is -0.360. The van der Waals surface area contributed by atoms with Crippen molar-refractivity contribution in [2.24, 2.45) is 5.41 Å². The second kappa shape index (κ2) is 12.8. The quantitative estimate of drug-likeness (QED) is 0.187. The van der Waals surface area contributed by atoms with Crippen LogP contribution in [0.25, 0.3) is 0 Å². The van der Waals surface area contributed by atoms with Gasteiger partial charge >= 0.3 is 5.97 Å². The van der Waals surface area contributed by atoms with Crippen molar-refractivity contribution in [2.45, 2.75) is 83.8 Å². The fourth-order valence-corrected chi connectivity index (χ4v) is 10.3. The monoisotopic (exact) mass is 560 g/mol. The van der Waals surface area contributed by atoms with E-state index in [1.807, 2.05) is 30.3 Å². The largest absolute Gasteiger partial charge is 0.462 e. The second-order valence-corrected chi connectivity index (χ2v) is 16.7. The third-order valence-corrected chi connectivity index (χ3v) is 13.2. The van der Waals surface area contributed by atoms with Gasteiger partial charge in [-0.1, -0.05) is 112 Å². The lowest BCUT2D eigenvalue weighted by atomic mass is 9.80. The zero-order valence-electron chi connectivity index (χ0n) is 24.5. The second-order valence-electron chi connectivity index (χ2n) is 12.5. The Morgan fingerprint density at radius 3 is 1.95 bits per heavy atom. The maximum atomic E-state index is 12.8. The molecule has 1 heterocycles. The molecule has 1 aliphatic heterocycles. The number of aliphatic hydroxyl groups excluding tert-OH is 1. The number of cyclic esters (lactones) is 1. The minimum atomic E-state index is -2.84. The third-order valence-electron chi connectivity index (χ3n) is 8.10. The maximum Gasteiger partial charge on any atom is 0.314 e. The van der Waals surface area contributed by atoms with Gasteiger partial charge in [0, 0.05) is 19.4 Å². The van der Waals surface area contributed by atoms with Crippen LogP contribution in [0.5, 0.6) is 0 Å². The zero-order valence-corrected chi connectivity index (χ0v) is 25.5. The van der Waals surface area contributed by atoms with Crippen molar-refractivity contribution in [3.63, 3.8) is 0 Å². The zero-order chi connectivity index (χ0) is 28.8. The van der Waals surface area contributed by atoms with Crippen LogP contribution in [0.4, 0.5) is 0 Å². The molecule has 6 heteroatoms. The van der Waals surface area contributed by atoms with Gasteiger partial charge in [0.1, 0.15) is 6.10 Å². The maximum absolute atomic E-state index is 12.8. The van der Waals surface area contributed by atoms with Gasteiger partial charge in [-0.05, 0) is 41.2 Å². The highest BCUT2D eigenvalue weighted by Crippen LogP contribution is 2.39. The summed E-state index contributed by atoms with van der Waals surface area (Å²) in [7, 11) is -2.84. The third kappa shape index (κ3) is 6.74. The highest BCUT2D eigenvalue weighted by atomic mass is 28.4. The van der Waals surface area contributed by atoms with Gasteiger partial charge in [0.05, 0.1) is 24.2 Å². The molecule has 214 valence electrons. The Morgan fingerprint density at radius 1 is 0.925 bits per heavy atom. The first-order valence-corrected chi connectivity index (χ1v) is 16.2. The van der Waals surface area contributed by atoms with Crippen LogP contribution in [-0.2, 0) is 25.3 Å². The minimum Gasteiger partial charge on any atom is -0.462 e. The van der Waals surface area contributed by atoms with Crippen LogP contribution in [0.15, 0.2) is 91.0 Å². The normalized spacial score (nSPS) is 20.1. The predicted octanol–water partition coefficient (Wildman–Crippen LogP) is 5.63. The summed E-state index contributed by atoms with van der Waals surface area (Å²) in [5.41, 5.74) is 0.211. The predicted molar refractivity (Wildman–Crippen MR) is 162 cm³/mol. The van der Waals surface area contributed by atoms with E-state index in [-0.39, 0.29) is 17.1 Å². The van der Waals surface area contributed by atoms with E-state index in [0.29, 0.717) is 32.5 Å². The van der Waals surface area contributed by atoms with Crippen molar-refractivity contribution in [1.82, 2.24) is 0 Å². The van der Waals surface area contributed by atoms with Crippen LogP contribution >= 0.6 is 0 Å². The summed E-state index contributed by atoms with van der Waals surface area (Å²) in [4.78, 5) is 12.8. The molecular formula is C34H44O5Si. The van der Waals surface area contributed by atoms with Gasteiger partial charge < -0.3 is 19.0 Å². The molecule has 0 bridgehead atoms. The Labute approximate surface area is 240 Å². The van der Waals surface area contributed by atoms with Gasteiger partial charge in [-0.2, -0.15) is 0 Å². The lowest BCUT2D eigenvalue weighted by Crippen LogP contribution is -2.68. The van der Waals surface area contributed by atoms with Crippen LogP contribution in [0.2, 0.25) is 5.04 Å². The first-order valence-electron chi connectivity index (χ1n) is 14.3. The lowest BCUT2D eigenvalue weighted by Gasteiger charge is -2.46. The molecular weight excluding hydrogens is 516 g/mol. The number of hydrogen-bond acceptors (Lipinski definition) is 5. The molecule has 3 aromatic carbocycles.